The van der Waals surface area contributed by atoms with Gasteiger partial charge in [0.1, 0.15) is 11.4 Å². The quantitative estimate of drug-likeness (QED) is 0.465. The van der Waals surface area contributed by atoms with Gasteiger partial charge in [-0.3, -0.25) is 19.8 Å². The minimum Gasteiger partial charge on any atom is -0.503 e. The van der Waals surface area contributed by atoms with Gasteiger partial charge in [0.05, 0.1) is 17.8 Å². The van der Waals surface area contributed by atoms with Crippen molar-refractivity contribution in [2.24, 2.45) is 0 Å². The summed E-state index contributed by atoms with van der Waals surface area (Å²) in [6, 6.07) is 7.89. The minimum atomic E-state index is -0.688. The van der Waals surface area contributed by atoms with Crippen LogP contribution in [0.2, 0.25) is 5.02 Å². The highest BCUT2D eigenvalue weighted by Crippen LogP contribution is 2.35. The molecule has 2 N–H and O–H groups in total. The lowest BCUT2D eigenvalue weighted by molar-refractivity contribution is -0.122. The van der Waals surface area contributed by atoms with Gasteiger partial charge in [0.2, 0.25) is 0 Å². The fraction of sp³-hybridized carbons (Fsp3) is 0.0556. The maximum atomic E-state index is 13.2. The number of methoxy groups -OCH3 is 1. The van der Waals surface area contributed by atoms with Crippen LogP contribution in [0.15, 0.2) is 42.0 Å². The number of hydrogen-bond donors (Lipinski definition) is 2. The van der Waals surface area contributed by atoms with Crippen LogP contribution >= 0.6 is 23.8 Å². The highest BCUT2D eigenvalue weighted by molar-refractivity contribution is 7.80. The van der Waals surface area contributed by atoms with E-state index in [9.17, 15) is 19.1 Å². The minimum absolute atomic E-state index is 0.00391. The summed E-state index contributed by atoms with van der Waals surface area (Å²) < 4.78 is 18.2. The van der Waals surface area contributed by atoms with E-state index >= 15 is 0 Å². The second-order valence-electron chi connectivity index (χ2n) is 5.49. The third kappa shape index (κ3) is 3.62. The van der Waals surface area contributed by atoms with Gasteiger partial charge < -0.3 is 9.84 Å². The van der Waals surface area contributed by atoms with Crippen LogP contribution in [-0.2, 0) is 9.59 Å². The normalized spacial score (nSPS) is 15.9. The van der Waals surface area contributed by atoms with E-state index < -0.39 is 17.6 Å². The summed E-state index contributed by atoms with van der Waals surface area (Å²) in [7, 11) is 1.34. The summed E-state index contributed by atoms with van der Waals surface area (Å²) in [5.41, 5.74) is 0.454. The van der Waals surface area contributed by atoms with Crippen LogP contribution in [0.1, 0.15) is 5.56 Å². The van der Waals surface area contributed by atoms with Crippen molar-refractivity contribution >= 4 is 52.5 Å². The van der Waals surface area contributed by atoms with Gasteiger partial charge in [-0.1, -0.05) is 11.6 Å². The van der Waals surface area contributed by atoms with Crippen LogP contribution in [0.4, 0.5) is 10.1 Å². The van der Waals surface area contributed by atoms with Gasteiger partial charge in [-0.05, 0) is 60.3 Å². The summed E-state index contributed by atoms with van der Waals surface area (Å²) >= 11 is 11.0. The van der Waals surface area contributed by atoms with Crippen molar-refractivity contribution < 1.29 is 23.8 Å². The molecule has 138 valence electrons. The Morgan fingerprint density at radius 3 is 2.56 bits per heavy atom. The Balaban J connectivity index is 2.04. The van der Waals surface area contributed by atoms with Gasteiger partial charge in [0.25, 0.3) is 11.8 Å². The Morgan fingerprint density at radius 2 is 1.93 bits per heavy atom. The highest BCUT2D eigenvalue weighted by atomic mass is 35.5. The monoisotopic (exact) mass is 406 g/mol. The van der Waals surface area contributed by atoms with E-state index in [0.29, 0.717) is 11.3 Å². The van der Waals surface area contributed by atoms with E-state index in [2.05, 4.69) is 5.32 Å². The molecule has 0 aromatic heterocycles. The number of thiocarbonyl (C=S) groups is 1. The fourth-order valence-corrected chi connectivity index (χ4v) is 2.98. The predicted octanol–water partition coefficient (Wildman–Crippen LogP) is 3.02. The molecule has 0 aliphatic carbocycles. The number of ether oxygens (including phenoxy) is 1. The number of nitrogens with zero attached hydrogens (tertiary/aromatic N) is 1. The summed E-state index contributed by atoms with van der Waals surface area (Å²) in [5.74, 6) is -2.01. The number of carbonyl (C=O) groups is 2. The van der Waals surface area contributed by atoms with E-state index in [1.165, 1.54) is 49.6 Å². The van der Waals surface area contributed by atoms with E-state index in [4.69, 9.17) is 28.6 Å². The van der Waals surface area contributed by atoms with Gasteiger partial charge in [0, 0.05) is 0 Å². The number of benzene rings is 2. The summed E-state index contributed by atoms with van der Waals surface area (Å²) in [6.07, 6.45) is 1.30. The Morgan fingerprint density at radius 1 is 1.26 bits per heavy atom. The lowest BCUT2D eigenvalue weighted by Gasteiger charge is -2.28. The molecule has 1 saturated heterocycles. The first-order chi connectivity index (χ1) is 12.8. The molecule has 0 spiro atoms. The molecule has 1 aliphatic heterocycles. The average molecular weight is 407 g/mol. The summed E-state index contributed by atoms with van der Waals surface area (Å²) in [5, 5.41) is 12.1. The van der Waals surface area contributed by atoms with E-state index in [-0.39, 0.29) is 27.2 Å². The van der Waals surface area contributed by atoms with Gasteiger partial charge in [-0.15, -0.1) is 0 Å². The highest BCUT2D eigenvalue weighted by Gasteiger charge is 2.34. The second kappa shape index (κ2) is 7.34. The number of rotatable bonds is 3. The molecule has 3 rings (SSSR count). The molecular weight excluding hydrogens is 395 g/mol. The molecule has 1 heterocycles. The lowest BCUT2D eigenvalue weighted by Crippen LogP contribution is -2.54. The number of hydrogen-bond acceptors (Lipinski definition) is 5. The number of halogens is 2. The topological polar surface area (TPSA) is 78.9 Å². The third-order valence-electron chi connectivity index (χ3n) is 3.77. The Hall–Kier alpha value is -2.97. The number of phenols is 1. The van der Waals surface area contributed by atoms with E-state index in [1.54, 1.807) is 0 Å². The number of nitrogens with one attached hydrogen (secondary N) is 1. The Labute approximate surface area is 163 Å². The first-order valence-corrected chi connectivity index (χ1v) is 8.34. The molecule has 2 amide bonds. The molecule has 9 heteroatoms. The molecule has 1 fully saturated rings. The number of anilines is 1. The molecule has 2 aromatic rings. The lowest BCUT2D eigenvalue weighted by atomic mass is 10.1. The average Bonchev–Trinajstić information content (AvgIpc) is 2.62. The number of phenolic OH excluding ortho intramolecular Hbond substituents is 1. The van der Waals surface area contributed by atoms with Crippen molar-refractivity contribution in [1.82, 2.24) is 5.32 Å². The van der Waals surface area contributed by atoms with Gasteiger partial charge in [-0.25, -0.2) is 4.39 Å². The van der Waals surface area contributed by atoms with Gasteiger partial charge in [0.15, 0.2) is 16.6 Å². The molecule has 0 radical (unpaired) electrons. The molecule has 0 saturated carbocycles. The molecule has 2 aromatic carbocycles. The Bertz CT molecular complexity index is 992. The first-order valence-electron chi connectivity index (χ1n) is 7.55. The summed E-state index contributed by atoms with van der Waals surface area (Å²) in [4.78, 5) is 26.2. The van der Waals surface area contributed by atoms with Crippen LogP contribution in [0.25, 0.3) is 6.08 Å². The van der Waals surface area contributed by atoms with Crippen molar-refractivity contribution in [2.75, 3.05) is 12.0 Å². The zero-order valence-electron chi connectivity index (χ0n) is 13.8. The fourth-order valence-electron chi connectivity index (χ4n) is 2.48. The van der Waals surface area contributed by atoms with Gasteiger partial charge in [-0.2, -0.15) is 0 Å². The van der Waals surface area contributed by atoms with Crippen LogP contribution in [-0.4, -0.2) is 29.1 Å². The predicted molar refractivity (Wildman–Crippen MR) is 102 cm³/mol. The SMILES string of the molecule is COc1cc(/C=C2/C(=O)NC(=S)N(c3ccc(F)cc3)C2=O)cc(Cl)c1O. The molecule has 0 unspecified atom stereocenters. The zero-order valence-corrected chi connectivity index (χ0v) is 15.4. The number of aromatic hydroxyl groups is 1. The Kier molecular flexibility index (Phi) is 5.11. The third-order valence-corrected chi connectivity index (χ3v) is 4.34. The first kappa shape index (κ1) is 18.8. The maximum absolute atomic E-state index is 13.2. The largest absolute Gasteiger partial charge is 0.503 e. The van der Waals surface area contributed by atoms with Crippen LogP contribution in [0.5, 0.6) is 11.5 Å². The molecule has 0 atom stereocenters. The molecular formula is C18H12ClFN2O4S. The standard InChI is InChI=1S/C18H12ClFN2O4S/c1-26-14-8-9(7-13(19)15(14)23)6-12-16(24)21-18(27)22(17(12)25)11-4-2-10(20)3-5-11/h2-8,23H,1H3,(H,21,24,27)/b12-6-. The molecule has 0 bridgehead atoms. The number of carbonyl (C=O) groups excluding carboxylic acids is 2. The van der Waals surface area contributed by atoms with Crippen molar-refractivity contribution in [2.45, 2.75) is 0 Å². The van der Waals surface area contributed by atoms with Crippen molar-refractivity contribution in [3.8, 4) is 11.5 Å². The summed E-state index contributed by atoms with van der Waals surface area (Å²) in [6.45, 7) is 0. The van der Waals surface area contributed by atoms with Crippen LogP contribution in [0, 0.1) is 5.82 Å². The van der Waals surface area contributed by atoms with Crippen molar-refractivity contribution in [3.05, 3.63) is 58.4 Å². The molecule has 6 nitrogen and oxygen atoms in total. The second-order valence-corrected chi connectivity index (χ2v) is 6.28. The van der Waals surface area contributed by atoms with E-state index in [1.807, 2.05) is 0 Å². The smallest absolute Gasteiger partial charge is 0.270 e. The molecule has 27 heavy (non-hydrogen) atoms. The number of amides is 2. The maximum Gasteiger partial charge on any atom is 0.270 e. The molecule has 1 aliphatic rings. The van der Waals surface area contributed by atoms with Crippen LogP contribution < -0.4 is 15.0 Å². The van der Waals surface area contributed by atoms with Crippen LogP contribution in [0.3, 0.4) is 0 Å². The van der Waals surface area contributed by atoms with Crippen molar-refractivity contribution in [3.63, 3.8) is 0 Å². The zero-order chi connectivity index (χ0) is 19.7. The van der Waals surface area contributed by atoms with Crippen molar-refractivity contribution in [1.29, 1.82) is 0 Å². The van der Waals surface area contributed by atoms with Gasteiger partial charge >= 0.3 is 0 Å². The van der Waals surface area contributed by atoms with E-state index in [0.717, 1.165) is 4.90 Å².